The SMILES string of the molecule is CC1CCCCCN1C[C@@H](C)N. The molecule has 12 heavy (non-hydrogen) atoms. The molecule has 0 amide bonds. The summed E-state index contributed by atoms with van der Waals surface area (Å²) in [6.07, 6.45) is 5.51. The molecule has 0 aromatic carbocycles. The number of hydrogen-bond donors (Lipinski definition) is 1. The highest BCUT2D eigenvalue weighted by atomic mass is 15.2. The summed E-state index contributed by atoms with van der Waals surface area (Å²) in [4.78, 5) is 2.54. The Labute approximate surface area is 76.1 Å². The van der Waals surface area contributed by atoms with Crippen molar-refractivity contribution in [1.82, 2.24) is 4.90 Å². The van der Waals surface area contributed by atoms with Crippen LogP contribution in [0.4, 0.5) is 0 Å². The van der Waals surface area contributed by atoms with E-state index in [2.05, 4.69) is 18.7 Å². The van der Waals surface area contributed by atoms with E-state index in [-0.39, 0.29) is 0 Å². The lowest BCUT2D eigenvalue weighted by molar-refractivity contribution is 0.204. The zero-order chi connectivity index (χ0) is 8.97. The monoisotopic (exact) mass is 170 g/mol. The Bertz CT molecular complexity index is 123. The van der Waals surface area contributed by atoms with Gasteiger partial charge in [0, 0.05) is 18.6 Å². The summed E-state index contributed by atoms with van der Waals surface area (Å²) >= 11 is 0. The van der Waals surface area contributed by atoms with E-state index in [1.807, 2.05) is 0 Å². The first kappa shape index (κ1) is 10.0. The number of likely N-dealkylation sites (tertiary alicyclic amines) is 1. The van der Waals surface area contributed by atoms with Gasteiger partial charge in [0.15, 0.2) is 0 Å². The van der Waals surface area contributed by atoms with Gasteiger partial charge in [-0.05, 0) is 33.2 Å². The van der Waals surface area contributed by atoms with Gasteiger partial charge >= 0.3 is 0 Å². The van der Waals surface area contributed by atoms with Crippen LogP contribution >= 0.6 is 0 Å². The van der Waals surface area contributed by atoms with Gasteiger partial charge < -0.3 is 5.73 Å². The first-order valence-corrected chi connectivity index (χ1v) is 5.20. The van der Waals surface area contributed by atoms with Crippen molar-refractivity contribution < 1.29 is 0 Å². The van der Waals surface area contributed by atoms with Crippen molar-refractivity contribution in [2.45, 2.75) is 51.6 Å². The first-order valence-electron chi connectivity index (χ1n) is 5.20. The highest BCUT2D eigenvalue weighted by Gasteiger charge is 2.16. The molecule has 0 aromatic heterocycles. The fourth-order valence-electron chi connectivity index (χ4n) is 1.98. The van der Waals surface area contributed by atoms with E-state index in [0.29, 0.717) is 6.04 Å². The molecular weight excluding hydrogens is 148 g/mol. The van der Waals surface area contributed by atoms with Crippen LogP contribution in [0.15, 0.2) is 0 Å². The third-order valence-corrected chi connectivity index (χ3v) is 2.71. The molecule has 1 aliphatic rings. The lowest BCUT2D eigenvalue weighted by Gasteiger charge is -2.28. The quantitative estimate of drug-likeness (QED) is 0.682. The molecule has 1 fully saturated rings. The Morgan fingerprint density at radius 3 is 2.83 bits per heavy atom. The van der Waals surface area contributed by atoms with E-state index < -0.39 is 0 Å². The smallest absolute Gasteiger partial charge is 0.0139 e. The molecule has 2 heteroatoms. The summed E-state index contributed by atoms with van der Waals surface area (Å²) in [7, 11) is 0. The molecule has 2 atom stereocenters. The van der Waals surface area contributed by atoms with Crippen molar-refractivity contribution >= 4 is 0 Å². The highest BCUT2D eigenvalue weighted by molar-refractivity contribution is 4.73. The van der Waals surface area contributed by atoms with E-state index in [1.165, 1.54) is 32.2 Å². The van der Waals surface area contributed by atoms with Gasteiger partial charge in [0.05, 0.1) is 0 Å². The third kappa shape index (κ3) is 3.11. The fourth-order valence-corrected chi connectivity index (χ4v) is 1.98. The predicted octanol–water partition coefficient (Wildman–Crippen LogP) is 1.60. The van der Waals surface area contributed by atoms with Gasteiger partial charge in [-0.3, -0.25) is 4.90 Å². The van der Waals surface area contributed by atoms with Crippen LogP contribution in [0.25, 0.3) is 0 Å². The van der Waals surface area contributed by atoms with Crippen LogP contribution in [0.2, 0.25) is 0 Å². The third-order valence-electron chi connectivity index (χ3n) is 2.71. The van der Waals surface area contributed by atoms with Gasteiger partial charge in [-0.2, -0.15) is 0 Å². The van der Waals surface area contributed by atoms with Gasteiger partial charge in [-0.25, -0.2) is 0 Å². The summed E-state index contributed by atoms with van der Waals surface area (Å²) in [6.45, 7) is 6.75. The zero-order valence-corrected chi connectivity index (χ0v) is 8.42. The van der Waals surface area contributed by atoms with Gasteiger partial charge in [0.1, 0.15) is 0 Å². The minimum atomic E-state index is 0.325. The summed E-state index contributed by atoms with van der Waals surface area (Å²) in [5.41, 5.74) is 5.79. The Hall–Kier alpha value is -0.0800. The molecule has 2 nitrogen and oxygen atoms in total. The summed E-state index contributed by atoms with van der Waals surface area (Å²) in [6, 6.07) is 1.07. The topological polar surface area (TPSA) is 29.3 Å². The maximum atomic E-state index is 5.79. The molecule has 0 aromatic rings. The second-order valence-electron chi connectivity index (χ2n) is 4.17. The second kappa shape index (κ2) is 4.83. The molecule has 0 aliphatic carbocycles. The zero-order valence-electron chi connectivity index (χ0n) is 8.42. The Morgan fingerprint density at radius 2 is 2.17 bits per heavy atom. The Morgan fingerprint density at radius 1 is 1.42 bits per heavy atom. The minimum absolute atomic E-state index is 0.325. The first-order chi connectivity index (χ1) is 5.70. The van der Waals surface area contributed by atoms with E-state index in [4.69, 9.17) is 5.73 Å². The van der Waals surface area contributed by atoms with Crippen LogP contribution < -0.4 is 5.73 Å². The predicted molar refractivity (Wildman–Crippen MR) is 53.2 cm³/mol. The van der Waals surface area contributed by atoms with Crippen molar-refractivity contribution in [3.05, 3.63) is 0 Å². The summed E-state index contributed by atoms with van der Waals surface area (Å²) < 4.78 is 0. The van der Waals surface area contributed by atoms with Crippen LogP contribution in [-0.4, -0.2) is 30.1 Å². The number of nitrogens with zero attached hydrogens (tertiary/aromatic N) is 1. The van der Waals surface area contributed by atoms with E-state index >= 15 is 0 Å². The Balaban J connectivity index is 2.36. The van der Waals surface area contributed by atoms with Crippen LogP contribution in [0.1, 0.15) is 39.5 Å². The van der Waals surface area contributed by atoms with Gasteiger partial charge in [0.2, 0.25) is 0 Å². The molecule has 72 valence electrons. The molecule has 0 bridgehead atoms. The normalized spacial score (nSPS) is 29.8. The maximum absolute atomic E-state index is 5.79. The molecular formula is C10H22N2. The molecule has 0 saturated carbocycles. The van der Waals surface area contributed by atoms with Crippen molar-refractivity contribution in [2.24, 2.45) is 5.73 Å². The number of nitrogens with two attached hydrogens (primary N) is 1. The van der Waals surface area contributed by atoms with E-state index in [9.17, 15) is 0 Å². The van der Waals surface area contributed by atoms with Crippen molar-refractivity contribution in [3.63, 3.8) is 0 Å². The van der Waals surface area contributed by atoms with Crippen molar-refractivity contribution in [2.75, 3.05) is 13.1 Å². The molecule has 0 spiro atoms. The van der Waals surface area contributed by atoms with E-state index in [1.54, 1.807) is 0 Å². The van der Waals surface area contributed by atoms with Crippen molar-refractivity contribution in [1.29, 1.82) is 0 Å². The standard InChI is InChI=1S/C10H22N2/c1-9(11)8-12-7-5-3-4-6-10(12)2/h9-10H,3-8,11H2,1-2H3/t9-,10?/m1/s1. The molecule has 1 heterocycles. The molecule has 1 saturated heterocycles. The average molecular weight is 170 g/mol. The molecule has 1 aliphatic heterocycles. The molecule has 1 unspecified atom stereocenters. The van der Waals surface area contributed by atoms with Crippen molar-refractivity contribution in [3.8, 4) is 0 Å². The van der Waals surface area contributed by atoms with Crippen LogP contribution in [0, 0.1) is 0 Å². The van der Waals surface area contributed by atoms with Gasteiger partial charge in [-0.1, -0.05) is 12.8 Å². The van der Waals surface area contributed by atoms with Crippen LogP contribution in [-0.2, 0) is 0 Å². The molecule has 1 rings (SSSR count). The van der Waals surface area contributed by atoms with Gasteiger partial charge in [-0.15, -0.1) is 0 Å². The van der Waals surface area contributed by atoms with Crippen LogP contribution in [0.5, 0.6) is 0 Å². The minimum Gasteiger partial charge on any atom is -0.327 e. The maximum Gasteiger partial charge on any atom is 0.0139 e. The highest BCUT2D eigenvalue weighted by Crippen LogP contribution is 2.15. The largest absolute Gasteiger partial charge is 0.327 e. The second-order valence-corrected chi connectivity index (χ2v) is 4.17. The molecule has 2 N–H and O–H groups in total. The van der Waals surface area contributed by atoms with Crippen LogP contribution in [0.3, 0.4) is 0 Å². The lowest BCUT2D eigenvalue weighted by atomic mass is 10.1. The van der Waals surface area contributed by atoms with E-state index in [0.717, 1.165) is 12.6 Å². The summed E-state index contributed by atoms with van der Waals surface area (Å²) in [5, 5.41) is 0. The Kier molecular flexibility index (Phi) is 4.02. The molecule has 0 radical (unpaired) electrons. The summed E-state index contributed by atoms with van der Waals surface area (Å²) in [5.74, 6) is 0. The number of rotatable bonds is 2. The number of hydrogen-bond acceptors (Lipinski definition) is 2. The van der Waals surface area contributed by atoms with Gasteiger partial charge in [0.25, 0.3) is 0 Å². The fraction of sp³-hybridized carbons (Fsp3) is 1.00. The lowest BCUT2D eigenvalue weighted by Crippen LogP contribution is -2.40. The average Bonchev–Trinajstić information content (AvgIpc) is 2.16.